The number of aryl methyl sites for hydroxylation is 2. The zero-order valence-corrected chi connectivity index (χ0v) is 27.5. The van der Waals surface area contributed by atoms with Gasteiger partial charge in [-0.3, -0.25) is 19.2 Å². The second kappa shape index (κ2) is 14.6. The normalized spacial score (nSPS) is 17.6. The fourth-order valence-electron chi connectivity index (χ4n) is 6.55. The maximum atomic E-state index is 13.1. The van der Waals surface area contributed by atoms with Crippen molar-refractivity contribution in [3.05, 3.63) is 108 Å². The molecule has 4 aromatic rings. The number of amides is 4. The highest BCUT2D eigenvalue weighted by Crippen LogP contribution is 2.23. The van der Waals surface area contributed by atoms with Crippen LogP contribution in [0.15, 0.2) is 85.2 Å². The summed E-state index contributed by atoms with van der Waals surface area (Å²) in [6, 6.07) is 21.9. The topological polar surface area (TPSA) is 109 Å². The Labute approximate surface area is 281 Å². The van der Waals surface area contributed by atoms with Crippen LogP contribution in [0.4, 0.5) is 11.4 Å². The Morgan fingerprint density at radius 2 is 1.02 bits per heavy atom. The predicted octanol–water partition coefficient (Wildman–Crippen LogP) is 4.88. The molecule has 0 spiro atoms. The monoisotopic (exact) mass is 646 g/mol. The van der Waals surface area contributed by atoms with Gasteiger partial charge in [-0.1, -0.05) is 36.4 Å². The molecule has 0 radical (unpaired) electrons. The molecule has 0 unspecified atom stereocenters. The second-order valence-electron chi connectivity index (χ2n) is 12.6. The van der Waals surface area contributed by atoms with Crippen LogP contribution in [0.3, 0.4) is 0 Å². The van der Waals surface area contributed by atoms with Gasteiger partial charge in [-0.15, -0.1) is 0 Å². The van der Waals surface area contributed by atoms with Crippen molar-refractivity contribution in [3.8, 4) is 0 Å². The number of carbonyl (C=O) groups excluding carboxylic acids is 4. The molecule has 2 N–H and O–H groups in total. The molecule has 48 heavy (non-hydrogen) atoms. The second-order valence-corrected chi connectivity index (χ2v) is 12.6. The molecule has 6 rings (SSSR count). The van der Waals surface area contributed by atoms with Crippen LogP contribution in [-0.2, 0) is 46.1 Å². The predicted molar refractivity (Wildman–Crippen MR) is 187 cm³/mol. The van der Waals surface area contributed by atoms with Gasteiger partial charge in [0, 0.05) is 62.3 Å². The van der Waals surface area contributed by atoms with Gasteiger partial charge in [-0.05, 0) is 85.3 Å². The summed E-state index contributed by atoms with van der Waals surface area (Å²) in [5.41, 5.74) is 5.15. The minimum Gasteiger partial charge on any atom is -0.354 e. The lowest BCUT2D eigenvalue weighted by Gasteiger charge is -2.24. The van der Waals surface area contributed by atoms with E-state index in [4.69, 9.17) is 0 Å². The number of rotatable bonds is 10. The van der Waals surface area contributed by atoms with Crippen LogP contribution < -0.4 is 10.6 Å². The third-order valence-electron chi connectivity index (χ3n) is 9.34. The van der Waals surface area contributed by atoms with Gasteiger partial charge in [0.1, 0.15) is 12.1 Å². The zero-order chi connectivity index (χ0) is 33.6. The van der Waals surface area contributed by atoms with Crippen LogP contribution in [-0.4, -0.2) is 67.7 Å². The summed E-state index contributed by atoms with van der Waals surface area (Å²) in [5.74, 6) is -0.390. The Bertz CT molecular complexity index is 1670. The van der Waals surface area contributed by atoms with Crippen LogP contribution in [0.2, 0.25) is 0 Å². The molecule has 4 amide bonds. The maximum Gasteiger partial charge on any atom is 0.247 e. The Morgan fingerprint density at radius 1 is 0.625 bits per heavy atom. The summed E-state index contributed by atoms with van der Waals surface area (Å²) in [5, 5.41) is 5.97. The van der Waals surface area contributed by atoms with Crippen LogP contribution in [0.5, 0.6) is 0 Å². The highest BCUT2D eigenvalue weighted by atomic mass is 16.2. The average Bonchev–Trinajstić information content (AvgIpc) is 3.91. The zero-order valence-electron chi connectivity index (χ0n) is 27.5. The number of carbonyl (C=O) groups is 4. The summed E-state index contributed by atoms with van der Waals surface area (Å²) in [6.45, 7) is 1.18. The number of nitrogens with one attached hydrogen (secondary N) is 2. The minimum atomic E-state index is -0.468. The highest BCUT2D eigenvalue weighted by Gasteiger charge is 2.35. The van der Waals surface area contributed by atoms with E-state index in [1.807, 2.05) is 121 Å². The third kappa shape index (κ3) is 7.60. The number of anilines is 2. The molecule has 4 heterocycles. The largest absolute Gasteiger partial charge is 0.354 e. The molecule has 2 aromatic carbocycles. The van der Waals surface area contributed by atoms with Crippen molar-refractivity contribution < 1.29 is 19.2 Å². The fraction of sp³-hybridized carbons (Fsp3) is 0.316. The summed E-state index contributed by atoms with van der Waals surface area (Å²) in [7, 11) is 3.83. The molecule has 2 aliphatic heterocycles. The molecule has 0 bridgehead atoms. The standard InChI is InChI=1S/C38H42N6O4/c1-41-21-3-7-31(41)25-35(45)43-23-5-9-33(43)37(47)39-29-17-13-27(14-18-29)11-12-28-15-19-30(20-16-28)40-38(48)34-10-6-24-44(34)36(46)26-32-8-4-22-42(32)2/h3-4,7-8,11-22,33-34H,5-6,9-10,23-26H2,1-2H3,(H,39,47)(H,40,48)/b12-11+/t33-,34-/m0/s1. The molecule has 248 valence electrons. The average molecular weight is 647 g/mol. The lowest BCUT2D eigenvalue weighted by atomic mass is 10.1. The van der Waals surface area contributed by atoms with Crippen molar-refractivity contribution in [2.75, 3.05) is 23.7 Å². The van der Waals surface area contributed by atoms with E-state index in [-0.39, 0.29) is 36.5 Å². The van der Waals surface area contributed by atoms with Gasteiger partial charge in [0.25, 0.3) is 0 Å². The number of aromatic nitrogens is 2. The summed E-state index contributed by atoms with van der Waals surface area (Å²) in [6.07, 6.45) is 11.3. The van der Waals surface area contributed by atoms with E-state index in [0.29, 0.717) is 37.3 Å². The van der Waals surface area contributed by atoms with Gasteiger partial charge in [-0.2, -0.15) is 0 Å². The first-order chi connectivity index (χ1) is 23.2. The highest BCUT2D eigenvalue weighted by molar-refractivity contribution is 5.98. The number of nitrogens with zero attached hydrogens (tertiary/aromatic N) is 4. The Balaban J connectivity index is 0.988. The number of hydrogen-bond donors (Lipinski definition) is 2. The third-order valence-corrected chi connectivity index (χ3v) is 9.34. The Morgan fingerprint density at radius 3 is 1.38 bits per heavy atom. The molecule has 0 saturated carbocycles. The Kier molecular flexibility index (Phi) is 9.89. The van der Waals surface area contributed by atoms with E-state index in [1.165, 1.54) is 0 Å². The van der Waals surface area contributed by atoms with Crippen LogP contribution in [0.1, 0.15) is 48.2 Å². The quantitative estimate of drug-likeness (QED) is 0.240. The molecular formula is C38H42N6O4. The van der Waals surface area contributed by atoms with Gasteiger partial charge < -0.3 is 29.6 Å². The van der Waals surface area contributed by atoms with Gasteiger partial charge in [-0.25, -0.2) is 0 Å². The van der Waals surface area contributed by atoms with E-state index in [2.05, 4.69) is 10.6 Å². The van der Waals surface area contributed by atoms with Gasteiger partial charge in [0.05, 0.1) is 12.8 Å². The van der Waals surface area contributed by atoms with Crippen molar-refractivity contribution in [2.45, 2.75) is 50.6 Å². The van der Waals surface area contributed by atoms with Crippen molar-refractivity contribution in [1.82, 2.24) is 18.9 Å². The first-order valence-electron chi connectivity index (χ1n) is 16.5. The van der Waals surface area contributed by atoms with E-state index in [9.17, 15) is 19.2 Å². The molecular weight excluding hydrogens is 604 g/mol. The van der Waals surface area contributed by atoms with Crippen molar-refractivity contribution in [3.63, 3.8) is 0 Å². The van der Waals surface area contributed by atoms with E-state index < -0.39 is 12.1 Å². The van der Waals surface area contributed by atoms with Crippen molar-refractivity contribution in [1.29, 1.82) is 0 Å². The SMILES string of the molecule is Cn1cccc1CC(=O)N1CCC[C@H]1C(=O)Nc1ccc(/C=C/c2ccc(NC(=O)[C@@H]3CCCN3C(=O)Cc3cccn3C)cc2)cc1. The number of hydrogen-bond acceptors (Lipinski definition) is 4. The molecule has 2 saturated heterocycles. The van der Waals surface area contributed by atoms with Gasteiger partial charge in [0.15, 0.2) is 0 Å². The molecule has 10 nitrogen and oxygen atoms in total. The summed E-state index contributed by atoms with van der Waals surface area (Å²) < 4.78 is 3.86. The first-order valence-corrected chi connectivity index (χ1v) is 16.5. The molecule has 0 aliphatic carbocycles. The van der Waals surface area contributed by atoms with Crippen molar-refractivity contribution in [2.24, 2.45) is 14.1 Å². The Hall–Kier alpha value is -5.38. The minimum absolute atomic E-state index is 0.0308. The number of likely N-dealkylation sites (tertiary alicyclic amines) is 2. The van der Waals surface area contributed by atoms with Crippen LogP contribution in [0.25, 0.3) is 12.2 Å². The lowest BCUT2D eigenvalue weighted by molar-refractivity contribution is -0.136. The van der Waals surface area contributed by atoms with E-state index >= 15 is 0 Å². The molecule has 2 aromatic heterocycles. The molecule has 2 fully saturated rings. The summed E-state index contributed by atoms with van der Waals surface area (Å²) in [4.78, 5) is 55.6. The molecule has 2 aliphatic rings. The molecule has 10 heteroatoms. The number of benzene rings is 2. The first kappa shape index (κ1) is 32.6. The van der Waals surface area contributed by atoms with E-state index in [1.54, 1.807) is 9.80 Å². The van der Waals surface area contributed by atoms with Crippen molar-refractivity contribution >= 4 is 47.2 Å². The smallest absolute Gasteiger partial charge is 0.247 e. The fourth-order valence-corrected chi connectivity index (χ4v) is 6.55. The summed E-state index contributed by atoms with van der Waals surface area (Å²) >= 11 is 0. The lowest BCUT2D eigenvalue weighted by Crippen LogP contribution is -2.44. The van der Waals surface area contributed by atoms with Crippen LogP contribution in [0, 0.1) is 0 Å². The van der Waals surface area contributed by atoms with Gasteiger partial charge in [0.2, 0.25) is 23.6 Å². The van der Waals surface area contributed by atoms with E-state index in [0.717, 1.165) is 35.4 Å². The van der Waals surface area contributed by atoms with Crippen LogP contribution >= 0.6 is 0 Å². The maximum absolute atomic E-state index is 13.1. The van der Waals surface area contributed by atoms with Gasteiger partial charge >= 0.3 is 0 Å². The molecule has 2 atom stereocenters.